The first-order valence-corrected chi connectivity index (χ1v) is 8.28. The van der Waals surface area contributed by atoms with Gasteiger partial charge in [-0.05, 0) is 52.0 Å². The summed E-state index contributed by atoms with van der Waals surface area (Å²) in [5.41, 5.74) is 2.41. The van der Waals surface area contributed by atoms with Gasteiger partial charge in [0.15, 0.2) is 0 Å². The molecular formula is C17H30N4. The molecule has 21 heavy (non-hydrogen) atoms. The average molecular weight is 290 g/mol. The molecule has 2 atom stereocenters. The van der Waals surface area contributed by atoms with E-state index in [1.165, 1.54) is 25.1 Å². The van der Waals surface area contributed by atoms with Crippen LogP contribution in [0, 0.1) is 0 Å². The highest BCUT2D eigenvalue weighted by molar-refractivity contribution is 5.46. The molecule has 2 rings (SSSR count). The van der Waals surface area contributed by atoms with Crippen molar-refractivity contribution in [3.05, 3.63) is 24.0 Å². The van der Waals surface area contributed by atoms with Crippen molar-refractivity contribution in [2.24, 2.45) is 0 Å². The van der Waals surface area contributed by atoms with Gasteiger partial charge in [0.25, 0.3) is 0 Å². The zero-order valence-electron chi connectivity index (χ0n) is 14.0. The van der Waals surface area contributed by atoms with Crippen molar-refractivity contribution in [2.45, 2.75) is 45.2 Å². The number of rotatable bonds is 5. The highest BCUT2D eigenvalue weighted by Gasteiger charge is 2.22. The molecular weight excluding hydrogens is 260 g/mol. The standard InChI is InChI=1S/C17H30N4/c1-5-14-13-20(4)10-7-11-21(14)15-8-9-17(19-12-15)16(6-2)18-3/h8-9,12,14,16,18H,5-7,10-11,13H2,1-4H3. The minimum atomic E-state index is 0.358. The first-order valence-electron chi connectivity index (χ1n) is 8.28. The fourth-order valence-corrected chi connectivity index (χ4v) is 3.27. The van der Waals surface area contributed by atoms with Gasteiger partial charge in [0.05, 0.1) is 17.6 Å². The lowest BCUT2D eigenvalue weighted by Crippen LogP contribution is -2.39. The van der Waals surface area contributed by atoms with Gasteiger partial charge in [-0.3, -0.25) is 4.98 Å². The summed E-state index contributed by atoms with van der Waals surface area (Å²) < 4.78 is 0. The topological polar surface area (TPSA) is 31.4 Å². The van der Waals surface area contributed by atoms with Crippen LogP contribution in [-0.2, 0) is 0 Å². The van der Waals surface area contributed by atoms with Gasteiger partial charge < -0.3 is 15.1 Å². The van der Waals surface area contributed by atoms with Gasteiger partial charge in [0.2, 0.25) is 0 Å². The number of hydrogen-bond donors (Lipinski definition) is 1. The normalized spacial score (nSPS) is 22.1. The van der Waals surface area contributed by atoms with E-state index < -0.39 is 0 Å². The second-order valence-electron chi connectivity index (χ2n) is 6.06. The highest BCUT2D eigenvalue weighted by Crippen LogP contribution is 2.23. The quantitative estimate of drug-likeness (QED) is 0.903. The number of pyridine rings is 1. The van der Waals surface area contributed by atoms with Crippen molar-refractivity contribution >= 4 is 5.69 Å². The monoisotopic (exact) mass is 290 g/mol. The number of nitrogens with zero attached hydrogens (tertiary/aromatic N) is 3. The summed E-state index contributed by atoms with van der Waals surface area (Å²) in [4.78, 5) is 9.69. The zero-order chi connectivity index (χ0) is 15.2. The molecule has 118 valence electrons. The van der Waals surface area contributed by atoms with Crippen molar-refractivity contribution in [3.63, 3.8) is 0 Å². The van der Waals surface area contributed by atoms with E-state index in [-0.39, 0.29) is 0 Å². The maximum absolute atomic E-state index is 4.70. The molecule has 1 aromatic rings. The fourth-order valence-electron chi connectivity index (χ4n) is 3.27. The third-order valence-electron chi connectivity index (χ3n) is 4.59. The molecule has 0 saturated carbocycles. The van der Waals surface area contributed by atoms with E-state index in [9.17, 15) is 0 Å². The lowest BCUT2D eigenvalue weighted by molar-refractivity contribution is 0.328. The lowest BCUT2D eigenvalue weighted by Gasteiger charge is -2.32. The minimum absolute atomic E-state index is 0.358. The van der Waals surface area contributed by atoms with Crippen LogP contribution in [0.3, 0.4) is 0 Å². The molecule has 0 radical (unpaired) electrons. The van der Waals surface area contributed by atoms with Crippen molar-refractivity contribution < 1.29 is 0 Å². The number of anilines is 1. The minimum Gasteiger partial charge on any atom is -0.366 e. The first kappa shape index (κ1) is 16.2. The van der Waals surface area contributed by atoms with Crippen LogP contribution in [0.25, 0.3) is 0 Å². The number of nitrogens with one attached hydrogen (secondary N) is 1. The van der Waals surface area contributed by atoms with E-state index in [0.29, 0.717) is 12.1 Å². The largest absolute Gasteiger partial charge is 0.366 e. The van der Waals surface area contributed by atoms with Crippen LogP contribution in [0.15, 0.2) is 18.3 Å². The van der Waals surface area contributed by atoms with Crippen molar-refractivity contribution in [2.75, 3.05) is 38.6 Å². The first-order chi connectivity index (χ1) is 10.2. The fraction of sp³-hybridized carbons (Fsp3) is 0.706. The molecule has 1 saturated heterocycles. The molecule has 0 amide bonds. The predicted octanol–water partition coefficient (Wildman–Crippen LogP) is 2.67. The second-order valence-corrected chi connectivity index (χ2v) is 6.06. The van der Waals surface area contributed by atoms with Crippen LogP contribution in [0.4, 0.5) is 5.69 Å². The molecule has 2 unspecified atom stereocenters. The maximum atomic E-state index is 4.70. The highest BCUT2D eigenvalue weighted by atomic mass is 15.2. The predicted molar refractivity (Wildman–Crippen MR) is 89.9 cm³/mol. The van der Waals surface area contributed by atoms with Gasteiger partial charge in [0.1, 0.15) is 0 Å². The van der Waals surface area contributed by atoms with E-state index in [1.807, 2.05) is 7.05 Å². The molecule has 0 aliphatic carbocycles. The van der Waals surface area contributed by atoms with E-state index in [4.69, 9.17) is 4.98 Å². The lowest BCUT2D eigenvalue weighted by atomic mass is 10.1. The Morgan fingerprint density at radius 1 is 1.33 bits per heavy atom. The van der Waals surface area contributed by atoms with E-state index >= 15 is 0 Å². The molecule has 1 aliphatic rings. The smallest absolute Gasteiger partial charge is 0.0574 e. The van der Waals surface area contributed by atoms with Crippen molar-refractivity contribution in [1.82, 2.24) is 15.2 Å². The Labute approximate surface area is 129 Å². The molecule has 0 bridgehead atoms. The molecule has 4 heteroatoms. The zero-order valence-corrected chi connectivity index (χ0v) is 14.0. The van der Waals surface area contributed by atoms with Gasteiger partial charge in [-0.2, -0.15) is 0 Å². The summed E-state index contributed by atoms with van der Waals surface area (Å²) in [5.74, 6) is 0. The van der Waals surface area contributed by atoms with Crippen molar-refractivity contribution in [1.29, 1.82) is 0 Å². The average Bonchev–Trinajstić information content (AvgIpc) is 2.70. The Kier molecular flexibility index (Phi) is 6.00. The van der Waals surface area contributed by atoms with Crippen LogP contribution in [0.2, 0.25) is 0 Å². The Morgan fingerprint density at radius 3 is 2.71 bits per heavy atom. The Balaban J connectivity index is 2.16. The van der Waals surface area contributed by atoms with Crippen molar-refractivity contribution in [3.8, 4) is 0 Å². The van der Waals surface area contributed by atoms with Gasteiger partial charge in [-0.25, -0.2) is 0 Å². The van der Waals surface area contributed by atoms with Crippen LogP contribution >= 0.6 is 0 Å². The Morgan fingerprint density at radius 2 is 2.14 bits per heavy atom. The molecule has 2 heterocycles. The Bertz CT molecular complexity index is 413. The summed E-state index contributed by atoms with van der Waals surface area (Å²) in [6.45, 7) is 7.94. The summed E-state index contributed by atoms with van der Waals surface area (Å²) >= 11 is 0. The third kappa shape index (κ3) is 3.95. The molecule has 4 nitrogen and oxygen atoms in total. The van der Waals surface area contributed by atoms with Crippen LogP contribution in [0.5, 0.6) is 0 Å². The maximum Gasteiger partial charge on any atom is 0.0574 e. The van der Waals surface area contributed by atoms with Gasteiger partial charge in [0, 0.05) is 25.2 Å². The van der Waals surface area contributed by atoms with E-state index in [2.05, 4.69) is 54.3 Å². The molecule has 1 fully saturated rings. The molecule has 1 aromatic heterocycles. The van der Waals surface area contributed by atoms with Crippen LogP contribution in [0.1, 0.15) is 44.8 Å². The van der Waals surface area contributed by atoms with Crippen LogP contribution in [-0.4, -0.2) is 49.7 Å². The van der Waals surface area contributed by atoms with Crippen LogP contribution < -0.4 is 10.2 Å². The number of hydrogen-bond acceptors (Lipinski definition) is 4. The molecule has 1 N–H and O–H groups in total. The summed E-state index contributed by atoms with van der Waals surface area (Å²) in [6, 6.07) is 5.38. The SMILES string of the molecule is CCC(NC)c1ccc(N2CCCN(C)CC2CC)cn1. The molecule has 0 spiro atoms. The number of likely N-dealkylation sites (N-methyl/N-ethyl adjacent to an activating group) is 1. The van der Waals surface area contributed by atoms with Gasteiger partial charge >= 0.3 is 0 Å². The summed E-state index contributed by atoms with van der Waals surface area (Å²) in [5, 5.41) is 3.32. The number of aromatic nitrogens is 1. The van der Waals surface area contributed by atoms with E-state index in [1.54, 1.807) is 0 Å². The second kappa shape index (κ2) is 7.76. The van der Waals surface area contributed by atoms with Gasteiger partial charge in [-0.15, -0.1) is 0 Å². The molecule has 1 aliphatic heterocycles. The van der Waals surface area contributed by atoms with E-state index in [0.717, 1.165) is 25.2 Å². The summed E-state index contributed by atoms with van der Waals surface area (Å²) in [7, 11) is 4.23. The Hall–Kier alpha value is -1.13. The summed E-state index contributed by atoms with van der Waals surface area (Å²) in [6.07, 6.45) is 5.53. The molecule has 0 aromatic carbocycles. The third-order valence-corrected chi connectivity index (χ3v) is 4.59. The van der Waals surface area contributed by atoms with Gasteiger partial charge in [-0.1, -0.05) is 13.8 Å².